The number of phenolic OH excluding ortho intramolecular Hbond substituents is 1. The van der Waals surface area contributed by atoms with Crippen molar-refractivity contribution in [3.05, 3.63) is 69.9 Å². The number of carbonyl (C=O) groups excluding carboxylic acids is 2. The first-order valence-corrected chi connectivity index (χ1v) is 12.4. The van der Waals surface area contributed by atoms with E-state index in [0.29, 0.717) is 47.1 Å². The van der Waals surface area contributed by atoms with Crippen LogP contribution < -0.4 is 4.74 Å². The molecule has 2 aromatic carbocycles. The molecule has 7 nitrogen and oxygen atoms in total. The molecule has 1 aliphatic heterocycles. The number of ether oxygens (including phenoxy) is 3. The van der Waals surface area contributed by atoms with Crippen molar-refractivity contribution in [3.8, 4) is 11.5 Å². The van der Waals surface area contributed by atoms with Crippen LogP contribution in [0.1, 0.15) is 49.7 Å². The summed E-state index contributed by atoms with van der Waals surface area (Å²) in [5.74, 6) is -1.47. The van der Waals surface area contributed by atoms with Crippen molar-refractivity contribution in [3.63, 3.8) is 0 Å². The monoisotopic (exact) mass is 511 g/mol. The molecule has 0 spiro atoms. The molecule has 0 saturated heterocycles. The zero-order chi connectivity index (χ0) is 25.8. The predicted octanol–water partition coefficient (Wildman–Crippen LogP) is 5.21. The number of aliphatic imine (C=N–C) groups is 1. The van der Waals surface area contributed by atoms with Gasteiger partial charge in [0.15, 0.2) is 11.5 Å². The van der Waals surface area contributed by atoms with E-state index in [1.807, 2.05) is 31.2 Å². The van der Waals surface area contributed by atoms with Crippen molar-refractivity contribution in [2.45, 2.75) is 38.5 Å². The van der Waals surface area contributed by atoms with E-state index in [9.17, 15) is 14.7 Å². The number of carbonyl (C=O) groups is 2. The van der Waals surface area contributed by atoms with Crippen LogP contribution in [0.2, 0.25) is 5.02 Å². The smallest absolute Gasteiger partial charge is 0.336 e. The van der Waals surface area contributed by atoms with Gasteiger partial charge in [-0.3, -0.25) is 9.79 Å². The van der Waals surface area contributed by atoms with Crippen LogP contribution in [0.5, 0.6) is 11.5 Å². The van der Waals surface area contributed by atoms with Gasteiger partial charge in [0, 0.05) is 35.9 Å². The van der Waals surface area contributed by atoms with Gasteiger partial charge in [0.25, 0.3) is 0 Å². The number of nitrogens with zero attached hydrogens (tertiary/aromatic N) is 1. The van der Waals surface area contributed by atoms with Crippen LogP contribution in [0.3, 0.4) is 0 Å². The molecule has 3 atom stereocenters. The molecule has 1 saturated carbocycles. The Morgan fingerprint density at radius 2 is 1.81 bits per heavy atom. The van der Waals surface area contributed by atoms with Crippen LogP contribution >= 0.6 is 11.6 Å². The van der Waals surface area contributed by atoms with Crippen LogP contribution in [0.4, 0.5) is 0 Å². The van der Waals surface area contributed by atoms with E-state index in [0.717, 1.165) is 11.3 Å². The van der Waals surface area contributed by atoms with E-state index in [1.165, 1.54) is 13.2 Å². The fraction of sp³-hybridized carbons (Fsp3) is 0.393. The summed E-state index contributed by atoms with van der Waals surface area (Å²) in [6.07, 6.45) is 0.914. The second-order valence-electron chi connectivity index (χ2n) is 8.97. The maximum Gasteiger partial charge on any atom is 0.336 e. The summed E-state index contributed by atoms with van der Waals surface area (Å²) in [7, 11) is 1.53. The summed E-state index contributed by atoms with van der Waals surface area (Å²) in [5, 5.41) is 10.9. The number of fused-ring (bicyclic) bond motifs is 1. The molecule has 1 fully saturated rings. The zero-order valence-corrected chi connectivity index (χ0v) is 21.4. The number of benzene rings is 2. The lowest BCUT2D eigenvalue weighted by Crippen LogP contribution is -2.41. The van der Waals surface area contributed by atoms with Crippen LogP contribution in [0.25, 0.3) is 0 Å². The molecule has 0 radical (unpaired) electrons. The summed E-state index contributed by atoms with van der Waals surface area (Å²) in [4.78, 5) is 31.7. The zero-order valence-electron chi connectivity index (χ0n) is 20.6. The number of allylic oxidation sites excluding steroid dienone is 1. The topological polar surface area (TPSA) is 94.4 Å². The Hall–Kier alpha value is -3.16. The summed E-state index contributed by atoms with van der Waals surface area (Å²) in [6.45, 7) is 4.30. The Labute approximate surface area is 215 Å². The number of esters is 1. The third kappa shape index (κ3) is 5.32. The van der Waals surface area contributed by atoms with Crippen LogP contribution in [0, 0.1) is 5.92 Å². The van der Waals surface area contributed by atoms with Gasteiger partial charge in [0.05, 0.1) is 24.7 Å². The molecule has 4 rings (SSSR count). The number of ketones is 1. The average Bonchev–Trinajstić information content (AvgIpc) is 2.85. The largest absolute Gasteiger partial charge is 0.504 e. The summed E-state index contributed by atoms with van der Waals surface area (Å²) < 4.78 is 16.1. The molecule has 190 valence electrons. The lowest BCUT2D eigenvalue weighted by atomic mass is 9.66. The third-order valence-electron chi connectivity index (χ3n) is 6.68. The Morgan fingerprint density at radius 1 is 1.08 bits per heavy atom. The lowest BCUT2D eigenvalue weighted by molar-refractivity contribution is -0.140. The predicted molar refractivity (Wildman–Crippen MR) is 137 cm³/mol. The Morgan fingerprint density at radius 3 is 2.50 bits per heavy atom. The fourth-order valence-electron chi connectivity index (χ4n) is 5.06. The first-order chi connectivity index (χ1) is 17.3. The average molecular weight is 512 g/mol. The number of methoxy groups -OCH3 is 1. The normalized spacial score (nSPS) is 21.6. The van der Waals surface area contributed by atoms with Crippen molar-refractivity contribution in [2.75, 3.05) is 26.9 Å². The van der Waals surface area contributed by atoms with Crippen molar-refractivity contribution < 1.29 is 28.9 Å². The maximum absolute atomic E-state index is 13.7. The number of hydrogen-bond acceptors (Lipinski definition) is 7. The van der Waals surface area contributed by atoms with E-state index in [-0.39, 0.29) is 30.7 Å². The standard InChI is InChI=1S/C28H30ClNO6/c1-4-35-24-15-18(7-10-22(24)31)26-25(28(33)36-12-11-34-3)16(2)30-21-13-19(14-23(32)27(21)26)17-5-8-20(29)9-6-17/h5-10,15,19,26-27,31H,4,11-14H2,1-3H3/t19-,26+,27?/m1/s1. The third-order valence-corrected chi connectivity index (χ3v) is 6.93. The van der Waals surface area contributed by atoms with Gasteiger partial charge < -0.3 is 19.3 Å². The van der Waals surface area contributed by atoms with Crippen molar-refractivity contribution >= 4 is 29.1 Å². The second-order valence-corrected chi connectivity index (χ2v) is 9.41. The van der Waals surface area contributed by atoms with Gasteiger partial charge in [0.1, 0.15) is 12.4 Å². The highest BCUT2D eigenvalue weighted by molar-refractivity contribution is 6.30. The number of rotatable bonds is 8. The lowest BCUT2D eigenvalue weighted by Gasteiger charge is -2.38. The van der Waals surface area contributed by atoms with Gasteiger partial charge in [-0.1, -0.05) is 29.8 Å². The van der Waals surface area contributed by atoms with E-state index >= 15 is 0 Å². The molecular weight excluding hydrogens is 482 g/mol. The SMILES string of the molecule is CCOc1cc([C@H]2C(C(=O)OCCOC)=C(C)N=C3C[C@@H](c4ccc(Cl)cc4)CC(=O)C32)ccc1O. The highest BCUT2D eigenvalue weighted by Gasteiger charge is 2.46. The van der Waals surface area contributed by atoms with Crippen LogP contribution in [-0.2, 0) is 19.1 Å². The highest BCUT2D eigenvalue weighted by atomic mass is 35.5. The maximum atomic E-state index is 13.7. The van der Waals surface area contributed by atoms with E-state index in [2.05, 4.69) is 0 Å². The molecule has 8 heteroatoms. The Bertz CT molecular complexity index is 1200. The molecule has 1 heterocycles. The molecule has 36 heavy (non-hydrogen) atoms. The summed E-state index contributed by atoms with van der Waals surface area (Å²) in [5.41, 5.74) is 3.31. The van der Waals surface area contributed by atoms with Gasteiger partial charge in [0.2, 0.25) is 0 Å². The minimum atomic E-state index is -0.610. The molecule has 2 aromatic rings. The molecule has 1 unspecified atom stereocenters. The van der Waals surface area contributed by atoms with Gasteiger partial charge >= 0.3 is 5.97 Å². The van der Waals surface area contributed by atoms with E-state index in [1.54, 1.807) is 19.1 Å². The minimum Gasteiger partial charge on any atom is -0.504 e. The van der Waals surface area contributed by atoms with Crippen molar-refractivity contribution in [2.24, 2.45) is 10.9 Å². The van der Waals surface area contributed by atoms with Crippen molar-refractivity contribution in [1.29, 1.82) is 0 Å². The second kappa shape index (κ2) is 11.3. The van der Waals surface area contributed by atoms with Gasteiger partial charge in [-0.25, -0.2) is 4.79 Å². The Balaban J connectivity index is 1.77. The number of halogens is 1. The van der Waals surface area contributed by atoms with Gasteiger partial charge in [-0.05, 0) is 61.6 Å². The Kier molecular flexibility index (Phi) is 8.11. The number of phenols is 1. The van der Waals surface area contributed by atoms with E-state index < -0.39 is 17.8 Å². The first-order valence-electron chi connectivity index (χ1n) is 12.0. The molecule has 1 N–H and O–H groups in total. The molecule has 0 aromatic heterocycles. The van der Waals surface area contributed by atoms with Gasteiger partial charge in [-0.15, -0.1) is 0 Å². The molecule has 1 aliphatic carbocycles. The minimum absolute atomic E-state index is 0.00526. The highest BCUT2D eigenvalue weighted by Crippen LogP contribution is 2.47. The van der Waals surface area contributed by atoms with E-state index in [4.69, 9.17) is 30.8 Å². The first kappa shape index (κ1) is 25.9. The van der Waals surface area contributed by atoms with Crippen LogP contribution in [-0.4, -0.2) is 49.5 Å². The summed E-state index contributed by atoms with van der Waals surface area (Å²) in [6, 6.07) is 12.5. The number of Topliss-reactive ketones (excluding diaryl/α,β-unsaturated/α-hetero) is 1. The molecule has 2 aliphatic rings. The number of hydrogen-bond donors (Lipinski definition) is 1. The van der Waals surface area contributed by atoms with Gasteiger partial charge in [-0.2, -0.15) is 0 Å². The number of aromatic hydroxyl groups is 1. The summed E-state index contributed by atoms with van der Waals surface area (Å²) >= 11 is 6.06. The fourth-order valence-corrected chi connectivity index (χ4v) is 5.19. The van der Waals surface area contributed by atoms with Crippen molar-refractivity contribution in [1.82, 2.24) is 0 Å². The molecule has 0 bridgehead atoms. The molecular formula is C28H30ClNO6. The molecule has 0 amide bonds. The quantitative estimate of drug-likeness (QED) is 0.386. The van der Waals surface area contributed by atoms with Crippen LogP contribution in [0.15, 0.2) is 58.7 Å².